The highest BCUT2D eigenvalue weighted by Gasteiger charge is 2.43. The summed E-state index contributed by atoms with van der Waals surface area (Å²) in [7, 11) is 0. The van der Waals surface area contributed by atoms with Gasteiger partial charge >= 0.3 is 12.1 Å². The van der Waals surface area contributed by atoms with Crippen LogP contribution in [0.5, 0.6) is 0 Å². The number of alkyl halides is 3. The van der Waals surface area contributed by atoms with Crippen LogP contribution < -0.4 is 5.32 Å². The molecule has 1 heterocycles. The smallest absolute Gasteiger partial charge is 0.392 e. The normalized spacial score (nSPS) is 20.4. The summed E-state index contributed by atoms with van der Waals surface area (Å²) in [5, 5.41) is 3.05. The van der Waals surface area contributed by atoms with E-state index in [-0.39, 0.29) is 43.3 Å². The molecule has 8 heteroatoms. The first kappa shape index (κ1) is 17.3. The maximum absolute atomic E-state index is 13.1. The average molecular weight is 361 g/mol. The second-order valence-electron chi connectivity index (χ2n) is 6.17. The summed E-state index contributed by atoms with van der Waals surface area (Å²) >= 11 is 1.20. The van der Waals surface area contributed by atoms with Crippen LogP contribution in [-0.4, -0.2) is 24.7 Å². The molecule has 0 radical (unpaired) electrons. The molecular weight excluding hydrogens is 343 g/mol. The molecule has 1 fully saturated rings. The van der Waals surface area contributed by atoms with E-state index in [9.17, 15) is 22.8 Å². The molecule has 1 unspecified atom stereocenters. The van der Waals surface area contributed by atoms with Gasteiger partial charge in [0.25, 0.3) is 0 Å². The lowest BCUT2D eigenvalue weighted by atomic mass is 9.86. The van der Waals surface area contributed by atoms with E-state index in [2.05, 4.69) is 5.32 Å². The number of aryl methyl sites for hydroxylation is 1. The van der Waals surface area contributed by atoms with Gasteiger partial charge in [-0.25, -0.2) is 4.79 Å². The SMILES string of the molecule is CCOC(=O)c1c(NC(=O)C2CC2)sc2c1CC(C(F)(F)F)CC2. The van der Waals surface area contributed by atoms with Crippen LogP contribution in [0.3, 0.4) is 0 Å². The summed E-state index contributed by atoms with van der Waals surface area (Å²) in [5.41, 5.74) is 0.498. The van der Waals surface area contributed by atoms with E-state index in [4.69, 9.17) is 4.74 Å². The Balaban J connectivity index is 1.93. The third-order valence-corrected chi connectivity index (χ3v) is 5.60. The van der Waals surface area contributed by atoms with Gasteiger partial charge in [-0.15, -0.1) is 11.3 Å². The lowest BCUT2D eigenvalue weighted by molar-refractivity contribution is -0.177. The summed E-state index contributed by atoms with van der Waals surface area (Å²) in [5.74, 6) is -2.35. The number of fused-ring (bicyclic) bond motifs is 1. The fourth-order valence-electron chi connectivity index (χ4n) is 2.93. The van der Waals surface area contributed by atoms with Gasteiger partial charge in [-0.1, -0.05) is 0 Å². The van der Waals surface area contributed by atoms with Crippen LogP contribution in [0.25, 0.3) is 0 Å². The van der Waals surface area contributed by atoms with Crippen LogP contribution in [-0.2, 0) is 22.4 Å². The van der Waals surface area contributed by atoms with Gasteiger partial charge in [0.2, 0.25) is 5.91 Å². The Bertz CT molecular complexity index is 664. The summed E-state index contributed by atoms with van der Waals surface area (Å²) in [6, 6.07) is 0. The molecule has 132 valence electrons. The van der Waals surface area contributed by atoms with E-state index in [1.807, 2.05) is 0 Å². The van der Waals surface area contributed by atoms with E-state index in [0.717, 1.165) is 17.7 Å². The molecule has 1 amide bonds. The second kappa shape index (κ2) is 6.38. The van der Waals surface area contributed by atoms with Crippen molar-refractivity contribution in [3.63, 3.8) is 0 Å². The summed E-state index contributed by atoms with van der Waals surface area (Å²) < 4.78 is 44.2. The zero-order chi connectivity index (χ0) is 17.5. The number of halogens is 3. The second-order valence-corrected chi connectivity index (χ2v) is 7.28. The number of esters is 1. The third kappa shape index (κ3) is 3.43. The molecule has 0 spiro atoms. The van der Waals surface area contributed by atoms with Gasteiger partial charge in [-0.3, -0.25) is 4.79 Å². The van der Waals surface area contributed by atoms with Gasteiger partial charge in [0.15, 0.2) is 0 Å². The minimum atomic E-state index is -4.29. The van der Waals surface area contributed by atoms with Crippen molar-refractivity contribution in [1.82, 2.24) is 0 Å². The zero-order valence-electron chi connectivity index (χ0n) is 13.2. The number of rotatable bonds is 4. The summed E-state index contributed by atoms with van der Waals surface area (Å²) in [6.45, 7) is 1.76. The molecule has 1 saturated carbocycles. The van der Waals surface area contributed by atoms with E-state index >= 15 is 0 Å². The third-order valence-electron chi connectivity index (χ3n) is 4.39. The number of thiophene rings is 1. The quantitative estimate of drug-likeness (QED) is 0.827. The molecular formula is C16H18F3NO3S. The van der Waals surface area contributed by atoms with Gasteiger partial charge in [-0.2, -0.15) is 13.2 Å². The number of amides is 1. The van der Waals surface area contributed by atoms with Crippen LogP contribution in [0, 0.1) is 11.8 Å². The van der Waals surface area contributed by atoms with Crippen molar-refractivity contribution in [1.29, 1.82) is 0 Å². The molecule has 24 heavy (non-hydrogen) atoms. The minimum absolute atomic E-state index is 0.00922. The van der Waals surface area contributed by atoms with Crippen molar-refractivity contribution in [2.45, 2.75) is 45.2 Å². The highest BCUT2D eigenvalue weighted by Crippen LogP contribution is 2.44. The summed E-state index contributed by atoms with van der Waals surface area (Å²) in [4.78, 5) is 25.0. The van der Waals surface area contributed by atoms with Gasteiger partial charge in [-0.05, 0) is 44.6 Å². The number of carbonyl (C=O) groups is 2. The molecule has 2 aliphatic rings. The Hall–Kier alpha value is -1.57. The van der Waals surface area contributed by atoms with Crippen LogP contribution in [0.15, 0.2) is 0 Å². The minimum Gasteiger partial charge on any atom is -0.462 e. The van der Waals surface area contributed by atoms with Gasteiger partial charge in [0.05, 0.1) is 18.1 Å². The van der Waals surface area contributed by atoms with E-state index in [1.165, 1.54) is 11.3 Å². The Morgan fingerprint density at radius 1 is 1.29 bits per heavy atom. The predicted octanol–water partition coefficient (Wildman–Crippen LogP) is 3.94. The highest BCUT2D eigenvalue weighted by atomic mass is 32.1. The molecule has 3 rings (SSSR count). The van der Waals surface area contributed by atoms with E-state index in [1.54, 1.807) is 6.92 Å². The Morgan fingerprint density at radius 2 is 2.00 bits per heavy atom. The molecule has 0 aromatic carbocycles. The van der Waals surface area contributed by atoms with Crippen LogP contribution >= 0.6 is 11.3 Å². The van der Waals surface area contributed by atoms with Gasteiger partial charge in [0, 0.05) is 10.8 Å². The van der Waals surface area contributed by atoms with Crippen molar-refractivity contribution in [3.05, 3.63) is 16.0 Å². The van der Waals surface area contributed by atoms with Crippen molar-refractivity contribution in [2.75, 3.05) is 11.9 Å². The predicted molar refractivity (Wildman–Crippen MR) is 83.2 cm³/mol. The van der Waals surface area contributed by atoms with E-state index in [0.29, 0.717) is 10.6 Å². The number of hydrogen-bond acceptors (Lipinski definition) is 4. The maximum Gasteiger partial charge on any atom is 0.392 e. The first-order chi connectivity index (χ1) is 11.3. The fraction of sp³-hybridized carbons (Fsp3) is 0.625. The summed E-state index contributed by atoms with van der Waals surface area (Å²) in [6.07, 6.45) is -2.64. The Morgan fingerprint density at radius 3 is 2.58 bits per heavy atom. The number of nitrogens with one attached hydrogen (secondary N) is 1. The molecule has 1 atom stereocenters. The van der Waals surface area contributed by atoms with Crippen molar-refractivity contribution < 1.29 is 27.5 Å². The van der Waals surface area contributed by atoms with Gasteiger partial charge < -0.3 is 10.1 Å². The highest BCUT2D eigenvalue weighted by molar-refractivity contribution is 7.17. The maximum atomic E-state index is 13.1. The van der Waals surface area contributed by atoms with Crippen LogP contribution in [0.1, 0.15) is 47.0 Å². The average Bonchev–Trinajstić information content (AvgIpc) is 3.28. The number of ether oxygens (including phenoxy) is 1. The molecule has 1 N–H and O–H groups in total. The zero-order valence-corrected chi connectivity index (χ0v) is 14.0. The standard InChI is InChI=1S/C16H18F3NO3S/c1-2-23-15(22)12-10-7-9(16(17,18)19)5-6-11(10)24-14(12)20-13(21)8-3-4-8/h8-9H,2-7H2,1H3,(H,20,21). The van der Waals surface area contributed by atoms with Crippen molar-refractivity contribution in [3.8, 4) is 0 Å². The largest absolute Gasteiger partial charge is 0.462 e. The first-order valence-electron chi connectivity index (χ1n) is 8.00. The topological polar surface area (TPSA) is 55.4 Å². The molecule has 2 aliphatic carbocycles. The molecule has 4 nitrogen and oxygen atoms in total. The first-order valence-corrected chi connectivity index (χ1v) is 8.82. The van der Waals surface area contributed by atoms with Crippen LogP contribution in [0.2, 0.25) is 0 Å². The molecule has 1 aromatic rings. The number of anilines is 1. The number of hydrogen-bond donors (Lipinski definition) is 1. The Labute approximate surface area is 141 Å². The van der Waals surface area contributed by atoms with Gasteiger partial charge in [0.1, 0.15) is 5.00 Å². The molecule has 1 aromatic heterocycles. The Kier molecular flexibility index (Phi) is 4.59. The lowest BCUT2D eigenvalue weighted by Crippen LogP contribution is -2.29. The molecule has 0 aliphatic heterocycles. The van der Waals surface area contributed by atoms with Crippen molar-refractivity contribution >= 4 is 28.2 Å². The van der Waals surface area contributed by atoms with Crippen LogP contribution in [0.4, 0.5) is 18.2 Å². The fourth-order valence-corrected chi connectivity index (χ4v) is 4.17. The monoisotopic (exact) mass is 361 g/mol. The lowest BCUT2D eigenvalue weighted by Gasteiger charge is -2.24. The molecule has 0 bridgehead atoms. The van der Waals surface area contributed by atoms with Crippen molar-refractivity contribution in [2.24, 2.45) is 11.8 Å². The number of carbonyl (C=O) groups excluding carboxylic acids is 2. The molecule has 0 saturated heterocycles. The van der Waals surface area contributed by atoms with E-state index < -0.39 is 18.1 Å².